The highest BCUT2D eigenvalue weighted by Gasteiger charge is 2.29. The predicted octanol–water partition coefficient (Wildman–Crippen LogP) is 5.08. The Kier molecular flexibility index (Phi) is 7.10. The predicted molar refractivity (Wildman–Crippen MR) is 97.5 cm³/mol. The number of nitrogens with two attached hydrogens (primary N) is 1. The lowest BCUT2D eigenvalue weighted by atomic mass is 10.2. The minimum atomic E-state index is -4.21. The molecule has 0 heterocycles. The monoisotopic (exact) mass is 362 g/mol. The van der Waals surface area contributed by atoms with Crippen LogP contribution in [0.2, 0.25) is 0 Å². The molecule has 3 rings (SSSR count). The number of hydrogen-bond acceptors (Lipinski definition) is 1. The molecule has 0 aromatic heterocycles. The molecule has 0 spiro atoms. The summed E-state index contributed by atoms with van der Waals surface area (Å²) >= 11 is 1.25. The molecule has 0 atom stereocenters. The third-order valence-electron chi connectivity index (χ3n) is 3.29. The van der Waals surface area contributed by atoms with Gasteiger partial charge in [0.05, 0.1) is 5.56 Å². The van der Waals surface area contributed by atoms with Gasteiger partial charge in [0.25, 0.3) is 0 Å². The summed E-state index contributed by atoms with van der Waals surface area (Å²) in [5, 5.41) is 0. The highest BCUT2D eigenvalue weighted by Crippen LogP contribution is 2.28. The lowest BCUT2D eigenvalue weighted by Crippen LogP contribution is -2.03. The minimum absolute atomic E-state index is 0.602. The van der Waals surface area contributed by atoms with E-state index in [0.717, 1.165) is 12.1 Å². The SMILES string of the molecule is FC(F)(F)c1ccccc1.NCc1ccc([SH+]c2ccccc2)cc1. The quantitative estimate of drug-likeness (QED) is 0.510. The molecule has 3 aromatic rings. The van der Waals surface area contributed by atoms with Crippen LogP contribution in [0.4, 0.5) is 13.2 Å². The number of halogens is 3. The number of hydrogen-bond donors (Lipinski definition) is 1. The van der Waals surface area contributed by atoms with Gasteiger partial charge in [0, 0.05) is 18.3 Å². The Morgan fingerprint density at radius 1 is 0.680 bits per heavy atom. The first-order valence-corrected chi connectivity index (χ1v) is 8.56. The summed E-state index contributed by atoms with van der Waals surface area (Å²) in [4.78, 5) is 2.62. The molecular weight excluding hydrogens is 343 g/mol. The first-order chi connectivity index (χ1) is 12.0. The third kappa shape index (κ3) is 6.64. The van der Waals surface area contributed by atoms with E-state index >= 15 is 0 Å². The van der Waals surface area contributed by atoms with Crippen LogP contribution in [0, 0.1) is 0 Å². The smallest absolute Gasteiger partial charge is 0.326 e. The highest BCUT2D eigenvalue weighted by atomic mass is 32.2. The van der Waals surface area contributed by atoms with Crippen LogP contribution in [-0.4, -0.2) is 0 Å². The van der Waals surface area contributed by atoms with Crippen LogP contribution in [0.5, 0.6) is 0 Å². The molecule has 130 valence electrons. The van der Waals surface area contributed by atoms with Crippen LogP contribution in [0.15, 0.2) is 94.7 Å². The summed E-state index contributed by atoms with van der Waals surface area (Å²) in [6.07, 6.45) is -4.21. The van der Waals surface area contributed by atoms with Crippen molar-refractivity contribution < 1.29 is 13.2 Å². The molecule has 0 fully saturated rings. The Hall–Kier alpha value is -2.24. The van der Waals surface area contributed by atoms with E-state index in [4.69, 9.17) is 5.73 Å². The first-order valence-electron chi connectivity index (χ1n) is 7.67. The van der Waals surface area contributed by atoms with Crippen molar-refractivity contribution in [2.24, 2.45) is 5.73 Å². The van der Waals surface area contributed by atoms with E-state index in [1.165, 1.54) is 39.2 Å². The Morgan fingerprint density at radius 2 is 1.16 bits per heavy atom. The summed E-state index contributed by atoms with van der Waals surface area (Å²) in [5.74, 6) is 0. The van der Waals surface area contributed by atoms with Crippen molar-refractivity contribution in [3.05, 3.63) is 96.1 Å². The van der Waals surface area contributed by atoms with Gasteiger partial charge >= 0.3 is 6.18 Å². The Bertz CT molecular complexity index is 741. The van der Waals surface area contributed by atoms with E-state index in [1.807, 2.05) is 6.07 Å². The lowest BCUT2D eigenvalue weighted by Gasteiger charge is -2.03. The molecule has 0 radical (unpaired) electrons. The molecule has 0 saturated heterocycles. The summed E-state index contributed by atoms with van der Waals surface area (Å²) < 4.78 is 35.4. The van der Waals surface area contributed by atoms with E-state index in [9.17, 15) is 13.2 Å². The minimum Gasteiger partial charge on any atom is -0.326 e. The molecular formula is C20H19F3NS+. The summed E-state index contributed by atoms with van der Waals surface area (Å²) in [7, 11) is 0. The highest BCUT2D eigenvalue weighted by molar-refractivity contribution is 7.78. The fourth-order valence-electron chi connectivity index (χ4n) is 1.99. The Morgan fingerprint density at radius 3 is 1.60 bits per heavy atom. The van der Waals surface area contributed by atoms with E-state index in [0.29, 0.717) is 6.54 Å². The van der Waals surface area contributed by atoms with Gasteiger partial charge in [0.15, 0.2) is 9.79 Å². The molecule has 0 bridgehead atoms. The fraction of sp³-hybridized carbons (Fsp3) is 0.100. The molecule has 0 amide bonds. The normalized spacial score (nSPS) is 10.7. The largest absolute Gasteiger partial charge is 0.416 e. The second kappa shape index (κ2) is 9.30. The first kappa shape index (κ1) is 19.1. The van der Waals surface area contributed by atoms with Gasteiger partial charge in [0.2, 0.25) is 0 Å². The summed E-state index contributed by atoms with van der Waals surface area (Å²) in [6.45, 7) is 0.614. The lowest BCUT2D eigenvalue weighted by molar-refractivity contribution is -0.137. The zero-order valence-corrected chi connectivity index (χ0v) is 14.3. The molecule has 0 aliphatic heterocycles. The molecule has 5 heteroatoms. The maximum atomic E-state index is 11.8. The number of benzene rings is 3. The second-order valence-electron chi connectivity index (χ2n) is 5.18. The Balaban J connectivity index is 0.000000196. The van der Waals surface area contributed by atoms with Gasteiger partial charge in [-0.2, -0.15) is 13.2 Å². The van der Waals surface area contributed by atoms with Crippen LogP contribution in [0.1, 0.15) is 11.1 Å². The molecule has 0 unspecified atom stereocenters. The van der Waals surface area contributed by atoms with Crippen molar-refractivity contribution in [3.63, 3.8) is 0 Å². The van der Waals surface area contributed by atoms with Crippen LogP contribution in [0.25, 0.3) is 0 Å². The van der Waals surface area contributed by atoms with Crippen LogP contribution >= 0.6 is 0 Å². The zero-order chi connectivity index (χ0) is 18.1. The van der Waals surface area contributed by atoms with E-state index in [-0.39, 0.29) is 0 Å². The average molecular weight is 362 g/mol. The second-order valence-corrected chi connectivity index (χ2v) is 6.44. The molecule has 1 nitrogen and oxygen atoms in total. The molecule has 2 N–H and O–H groups in total. The van der Waals surface area contributed by atoms with E-state index in [1.54, 1.807) is 6.07 Å². The maximum absolute atomic E-state index is 11.8. The zero-order valence-electron chi connectivity index (χ0n) is 13.4. The fourth-order valence-corrected chi connectivity index (χ4v) is 2.90. The standard InChI is InChI=1S/C13H13NS.C7H5F3/c14-10-11-6-8-13(9-7-11)15-12-4-2-1-3-5-12;8-7(9,10)6-4-2-1-3-5-6/h1-9H,10,14H2;1-5H/p+1. The topological polar surface area (TPSA) is 26.0 Å². The van der Waals surface area contributed by atoms with Crippen molar-refractivity contribution in [1.29, 1.82) is 0 Å². The number of rotatable bonds is 3. The van der Waals surface area contributed by atoms with Gasteiger partial charge in [0.1, 0.15) is 0 Å². The van der Waals surface area contributed by atoms with Gasteiger partial charge in [-0.25, -0.2) is 0 Å². The summed E-state index contributed by atoms with van der Waals surface area (Å²) in [6, 6.07) is 25.3. The molecule has 0 saturated carbocycles. The van der Waals surface area contributed by atoms with Gasteiger partial charge in [-0.3, -0.25) is 0 Å². The Labute approximate surface area is 149 Å². The molecule has 0 aliphatic carbocycles. The van der Waals surface area contributed by atoms with Crippen LogP contribution in [-0.2, 0) is 24.5 Å². The third-order valence-corrected chi connectivity index (χ3v) is 4.40. The van der Waals surface area contributed by atoms with Crippen LogP contribution in [0.3, 0.4) is 0 Å². The van der Waals surface area contributed by atoms with Gasteiger partial charge in [-0.1, -0.05) is 60.7 Å². The van der Waals surface area contributed by atoms with Gasteiger partial charge < -0.3 is 5.73 Å². The van der Waals surface area contributed by atoms with Crippen molar-refractivity contribution in [3.8, 4) is 0 Å². The van der Waals surface area contributed by atoms with Crippen molar-refractivity contribution in [1.82, 2.24) is 0 Å². The average Bonchev–Trinajstić information content (AvgIpc) is 2.64. The maximum Gasteiger partial charge on any atom is 0.416 e. The van der Waals surface area contributed by atoms with E-state index in [2.05, 4.69) is 48.5 Å². The summed E-state index contributed by atoms with van der Waals surface area (Å²) in [5.41, 5.74) is 6.13. The van der Waals surface area contributed by atoms with Crippen molar-refractivity contribution in [2.45, 2.75) is 22.5 Å². The number of thiol groups is 1. The van der Waals surface area contributed by atoms with E-state index < -0.39 is 11.7 Å². The number of alkyl halides is 3. The molecule has 25 heavy (non-hydrogen) atoms. The van der Waals surface area contributed by atoms with Crippen molar-refractivity contribution in [2.75, 3.05) is 0 Å². The molecule has 0 aliphatic rings. The van der Waals surface area contributed by atoms with Crippen LogP contribution < -0.4 is 5.73 Å². The van der Waals surface area contributed by atoms with Crippen molar-refractivity contribution >= 4 is 11.8 Å². The van der Waals surface area contributed by atoms with Gasteiger partial charge in [-0.05, 0) is 29.8 Å². The molecule has 3 aromatic carbocycles. The van der Waals surface area contributed by atoms with Gasteiger partial charge in [-0.15, -0.1) is 0 Å².